The van der Waals surface area contributed by atoms with Gasteiger partial charge in [0, 0.05) is 16.1 Å². The lowest BCUT2D eigenvalue weighted by Crippen LogP contribution is -2.32. The number of hydrogen-bond acceptors (Lipinski definition) is 5. The number of aromatic nitrogens is 3. The Kier molecular flexibility index (Phi) is 4.60. The Morgan fingerprint density at radius 1 is 0.879 bits per heavy atom. The maximum absolute atomic E-state index is 13.5. The molecule has 0 spiro atoms. The molecule has 0 radical (unpaired) electrons. The number of rotatable bonds is 3. The standard InChI is InChI=1S/C25H15ClN4O2S/c26-17-12-10-16(11-13-17)22-27-25-30(28-22)24(32)21(33-25)20-18-8-4-5-9-19(18)29(23(20)31)14-15-6-2-1-3-7-15/h1-13H,14H2. The quantitative estimate of drug-likeness (QED) is 0.400. The molecule has 6 nitrogen and oxygen atoms in total. The van der Waals surface area contributed by atoms with Gasteiger partial charge in [0.05, 0.1) is 17.8 Å². The van der Waals surface area contributed by atoms with Crippen molar-refractivity contribution >= 4 is 45.1 Å². The Bertz CT molecular complexity index is 1640. The molecule has 1 amide bonds. The molecular formula is C25H15ClN4O2S. The van der Waals surface area contributed by atoms with Crippen molar-refractivity contribution in [2.24, 2.45) is 0 Å². The van der Waals surface area contributed by atoms with Crippen LogP contribution in [-0.4, -0.2) is 20.5 Å². The molecule has 1 aliphatic rings. The van der Waals surface area contributed by atoms with Crippen LogP contribution in [0.15, 0.2) is 83.7 Å². The van der Waals surface area contributed by atoms with Gasteiger partial charge in [-0.15, -0.1) is 5.10 Å². The summed E-state index contributed by atoms with van der Waals surface area (Å²) in [5.74, 6) is 0.245. The highest BCUT2D eigenvalue weighted by molar-refractivity contribution is 7.15. The third-order valence-corrected chi connectivity index (χ3v) is 6.88. The van der Waals surface area contributed by atoms with E-state index in [1.807, 2.05) is 54.6 Å². The second kappa shape index (κ2) is 7.65. The van der Waals surface area contributed by atoms with Crippen molar-refractivity contribution < 1.29 is 4.79 Å². The average Bonchev–Trinajstić information content (AvgIpc) is 3.47. The van der Waals surface area contributed by atoms with E-state index in [0.717, 1.165) is 22.4 Å². The zero-order valence-corrected chi connectivity index (χ0v) is 18.7. The van der Waals surface area contributed by atoms with E-state index in [-0.39, 0.29) is 11.5 Å². The number of thiazole rings is 1. The molecular weight excluding hydrogens is 456 g/mol. The highest BCUT2D eigenvalue weighted by atomic mass is 35.5. The van der Waals surface area contributed by atoms with Crippen LogP contribution in [0.5, 0.6) is 0 Å². The summed E-state index contributed by atoms with van der Waals surface area (Å²) in [6, 6.07) is 24.5. The maximum atomic E-state index is 13.5. The van der Waals surface area contributed by atoms with Crippen LogP contribution in [0.4, 0.5) is 5.69 Å². The van der Waals surface area contributed by atoms with E-state index in [1.165, 1.54) is 15.9 Å². The lowest BCUT2D eigenvalue weighted by molar-refractivity contribution is -0.113. The Labute approximate surface area is 197 Å². The van der Waals surface area contributed by atoms with Crippen molar-refractivity contribution in [2.75, 3.05) is 4.90 Å². The summed E-state index contributed by atoms with van der Waals surface area (Å²) in [6.07, 6.45) is 0. The van der Waals surface area contributed by atoms with Crippen LogP contribution in [0.2, 0.25) is 5.02 Å². The van der Waals surface area contributed by atoms with Gasteiger partial charge in [-0.25, -0.2) is 0 Å². The third-order valence-electron chi connectivity index (χ3n) is 5.59. The summed E-state index contributed by atoms with van der Waals surface area (Å²) < 4.78 is 1.62. The Balaban J connectivity index is 1.50. The molecule has 0 atom stereocenters. The predicted molar refractivity (Wildman–Crippen MR) is 129 cm³/mol. The van der Waals surface area contributed by atoms with E-state index in [4.69, 9.17) is 11.6 Å². The number of hydrogen-bond donors (Lipinski definition) is 0. The smallest absolute Gasteiger partial charge is 0.291 e. The number of para-hydroxylation sites is 1. The number of benzene rings is 3. The molecule has 0 saturated carbocycles. The van der Waals surface area contributed by atoms with E-state index in [9.17, 15) is 9.59 Å². The number of amides is 1. The topological polar surface area (TPSA) is 67.6 Å². The summed E-state index contributed by atoms with van der Waals surface area (Å²) in [6.45, 7) is 0.426. The first-order chi connectivity index (χ1) is 16.1. The fourth-order valence-electron chi connectivity index (χ4n) is 4.03. The summed E-state index contributed by atoms with van der Waals surface area (Å²) in [5.41, 5.74) is 3.37. The number of fused-ring (bicyclic) bond motifs is 2. The van der Waals surface area contributed by atoms with E-state index < -0.39 is 0 Å². The molecule has 8 heteroatoms. The lowest BCUT2D eigenvalue weighted by atomic mass is 10.1. The third kappa shape index (κ3) is 3.25. The molecule has 3 aromatic carbocycles. The molecule has 2 aromatic heterocycles. The van der Waals surface area contributed by atoms with E-state index in [2.05, 4.69) is 10.1 Å². The monoisotopic (exact) mass is 470 g/mol. The Hall–Kier alpha value is -3.81. The van der Waals surface area contributed by atoms with Gasteiger partial charge < -0.3 is 4.90 Å². The van der Waals surface area contributed by atoms with Crippen molar-refractivity contribution in [1.82, 2.24) is 14.6 Å². The van der Waals surface area contributed by atoms with E-state index in [1.54, 1.807) is 29.2 Å². The lowest BCUT2D eigenvalue weighted by Gasteiger charge is -2.17. The van der Waals surface area contributed by atoms with Gasteiger partial charge in [0.2, 0.25) is 4.96 Å². The van der Waals surface area contributed by atoms with Crippen molar-refractivity contribution in [3.8, 4) is 11.4 Å². The molecule has 160 valence electrons. The molecule has 3 heterocycles. The highest BCUT2D eigenvalue weighted by Gasteiger charge is 2.34. The normalized spacial score (nSPS) is 14.8. The summed E-state index contributed by atoms with van der Waals surface area (Å²) in [7, 11) is 0. The van der Waals surface area contributed by atoms with Gasteiger partial charge in [-0.1, -0.05) is 71.5 Å². The van der Waals surface area contributed by atoms with Crippen LogP contribution in [-0.2, 0) is 11.3 Å². The molecule has 33 heavy (non-hydrogen) atoms. The second-order valence-corrected chi connectivity index (χ2v) is 9.06. The Morgan fingerprint density at radius 3 is 2.36 bits per heavy atom. The van der Waals surface area contributed by atoms with Gasteiger partial charge in [0.25, 0.3) is 11.5 Å². The first-order valence-electron chi connectivity index (χ1n) is 10.2. The fourth-order valence-corrected chi connectivity index (χ4v) is 5.15. The van der Waals surface area contributed by atoms with Crippen LogP contribution in [0.25, 0.3) is 21.9 Å². The summed E-state index contributed by atoms with van der Waals surface area (Å²) in [5, 5.41) is 5.01. The van der Waals surface area contributed by atoms with Gasteiger partial charge >= 0.3 is 0 Å². The maximum Gasteiger partial charge on any atom is 0.291 e. The number of carbonyl (C=O) groups is 1. The highest BCUT2D eigenvalue weighted by Crippen LogP contribution is 2.36. The minimum atomic E-state index is -0.345. The van der Waals surface area contributed by atoms with E-state index >= 15 is 0 Å². The van der Waals surface area contributed by atoms with Gasteiger partial charge in [0.1, 0.15) is 4.53 Å². The second-order valence-electron chi connectivity index (χ2n) is 7.64. The predicted octanol–water partition coefficient (Wildman–Crippen LogP) is 3.94. The van der Waals surface area contributed by atoms with Crippen LogP contribution in [0.3, 0.4) is 0 Å². The number of halogens is 1. The first kappa shape index (κ1) is 19.8. The van der Waals surface area contributed by atoms with Crippen LogP contribution >= 0.6 is 22.9 Å². The molecule has 1 aliphatic heterocycles. The SMILES string of the molecule is O=C1C(=c2sc3nc(-c4ccc(Cl)cc4)nn3c2=O)c2ccccc2N1Cc1ccccc1. The van der Waals surface area contributed by atoms with Crippen molar-refractivity contribution in [3.63, 3.8) is 0 Å². The van der Waals surface area contributed by atoms with Crippen LogP contribution in [0, 0.1) is 0 Å². The molecule has 0 fully saturated rings. The molecule has 0 N–H and O–H groups in total. The molecule has 6 rings (SSSR count). The van der Waals surface area contributed by atoms with Crippen molar-refractivity contribution in [1.29, 1.82) is 0 Å². The Morgan fingerprint density at radius 2 is 1.61 bits per heavy atom. The van der Waals surface area contributed by atoms with Crippen molar-refractivity contribution in [2.45, 2.75) is 6.54 Å². The summed E-state index contributed by atoms with van der Waals surface area (Å²) in [4.78, 5) is 33.5. The number of anilines is 1. The van der Waals surface area contributed by atoms with Crippen molar-refractivity contribution in [3.05, 3.63) is 110 Å². The molecule has 0 saturated heterocycles. The average molecular weight is 471 g/mol. The minimum Gasteiger partial charge on any atom is -0.303 e. The molecule has 0 unspecified atom stereocenters. The van der Waals surface area contributed by atoms with Crippen LogP contribution < -0.4 is 15.0 Å². The zero-order chi connectivity index (χ0) is 22.5. The van der Waals surface area contributed by atoms with Gasteiger partial charge in [0.15, 0.2) is 5.82 Å². The minimum absolute atomic E-state index is 0.195. The number of nitrogens with zero attached hydrogens (tertiary/aromatic N) is 4. The number of carbonyl (C=O) groups excluding carboxylic acids is 1. The van der Waals surface area contributed by atoms with Gasteiger partial charge in [-0.2, -0.15) is 9.50 Å². The largest absolute Gasteiger partial charge is 0.303 e. The van der Waals surface area contributed by atoms with Gasteiger partial charge in [-0.3, -0.25) is 9.59 Å². The fraction of sp³-hybridized carbons (Fsp3) is 0.0400. The molecule has 5 aromatic rings. The van der Waals surface area contributed by atoms with Crippen LogP contribution in [0.1, 0.15) is 11.1 Å². The zero-order valence-electron chi connectivity index (χ0n) is 17.1. The molecule has 0 aliphatic carbocycles. The van der Waals surface area contributed by atoms with E-state index in [0.29, 0.717) is 32.5 Å². The first-order valence-corrected chi connectivity index (χ1v) is 11.4. The van der Waals surface area contributed by atoms with Gasteiger partial charge in [-0.05, 0) is 35.9 Å². The summed E-state index contributed by atoms with van der Waals surface area (Å²) >= 11 is 7.14. The molecule has 0 bridgehead atoms.